The molecule has 88 valence electrons. The molecule has 0 spiro atoms. The number of nitrogen functional groups attached to an aromatic ring is 1. The van der Waals surface area contributed by atoms with Gasteiger partial charge in [0.05, 0.1) is 11.4 Å². The lowest BCUT2D eigenvalue weighted by atomic mass is 10.1. The van der Waals surface area contributed by atoms with Gasteiger partial charge in [-0.2, -0.15) is 0 Å². The van der Waals surface area contributed by atoms with Crippen molar-refractivity contribution < 1.29 is 0 Å². The molecule has 3 heteroatoms. The third kappa shape index (κ3) is 3.01. The Bertz CT molecular complexity index is 523. The number of nitrogens with two attached hydrogens (primary N) is 1. The number of halogens is 1. The van der Waals surface area contributed by atoms with Crippen LogP contribution < -0.4 is 11.1 Å². The van der Waals surface area contributed by atoms with E-state index in [9.17, 15) is 0 Å². The van der Waals surface area contributed by atoms with Gasteiger partial charge in [0, 0.05) is 11.0 Å². The van der Waals surface area contributed by atoms with Crippen molar-refractivity contribution in [3.05, 3.63) is 58.1 Å². The molecule has 0 atom stereocenters. The third-order valence-corrected chi connectivity index (χ3v) is 3.19. The van der Waals surface area contributed by atoms with E-state index in [4.69, 9.17) is 5.73 Å². The Kier molecular flexibility index (Phi) is 3.69. The van der Waals surface area contributed by atoms with Crippen molar-refractivity contribution in [2.24, 2.45) is 0 Å². The van der Waals surface area contributed by atoms with Crippen molar-refractivity contribution in [3.8, 4) is 0 Å². The van der Waals surface area contributed by atoms with Crippen molar-refractivity contribution in [2.75, 3.05) is 11.1 Å². The van der Waals surface area contributed by atoms with Crippen LogP contribution in [0.5, 0.6) is 0 Å². The van der Waals surface area contributed by atoms with Crippen LogP contribution in [0.2, 0.25) is 0 Å². The van der Waals surface area contributed by atoms with Crippen molar-refractivity contribution in [3.63, 3.8) is 0 Å². The minimum Gasteiger partial charge on any atom is -0.397 e. The summed E-state index contributed by atoms with van der Waals surface area (Å²) in [7, 11) is 0. The van der Waals surface area contributed by atoms with Crippen molar-refractivity contribution in [2.45, 2.75) is 13.5 Å². The number of aryl methyl sites for hydroxylation is 1. The predicted molar refractivity (Wildman–Crippen MR) is 77.1 cm³/mol. The molecule has 0 aliphatic heterocycles. The van der Waals surface area contributed by atoms with Crippen LogP contribution in [0.15, 0.2) is 46.9 Å². The van der Waals surface area contributed by atoms with Gasteiger partial charge >= 0.3 is 0 Å². The lowest BCUT2D eigenvalue weighted by molar-refractivity contribution is 1.15. The summed E-state index contributed by atoms with van der Waals surface area (Å²) >= 11 is 3.46. The van der Waals surface area contributed by atoms with Crippen LogP contribution >= 0.6 is 15.9 Å². The monoisotopic (exact) mass is 290 g/mol. The molecular formula is C14H15BrN2. The summed E-state index contributed by atoms with van der Waals surface area (Å²) in [6, 6.07) is 14.3. The number of nitrogens with one attached hydrogen (secondary N) is 1. The molecular weight excluding hydrogens is 276 g/mol. The Morgan fingerprint density at radius 3 is 2.71 bits per heavy atom. The maximum atomic E-state index is 6.00. The van der Waals surface area contributed by atoms with Crippen LogP contribution in [0.3, 0.4) is 0 Å². The molecule has 0 unspecified atom stereocenters. The van der Waals surface area contributed by atoms with E-state index in [0.717, 1.165) is 28.0 Å². The molecule has 3 N–H and O–H groups in total. The summed E-state index contributed by atoms with van der Waals surface area (Å²) in [5, 5.41) is 3.35. The molecule has 0 aliphatic carbocycles. The highest BCUT2D eigenvalue weighted by molar-refractivity contribution is 9.10. The topological polar surface area (TPSA) is 38.0 Å². The fourth-order valence-corrected chi connectivity index (χ4v) is 2.13. The number of para-hydroxylation sites is 1. The first-order valence-corrected chi connectivity index (χ1v) is 6.29. The maximum Gasteiger partial charge on any atom is 0.0579 e. The first kappa shape index (κ1) is 12.0. The molecule has 2 aromatic carbocycles. The number of hydrogen-bond donors (Lipinski definition) is 2. The fourth-order valence-electron chi connectivity index (χ4n) is 1.68. The molecule has 0 bridgehead atoms. The number of benzene rings is 2. The molecule has 0 aromatic heterocycles. The van der Waals surface area contributed by atoms with E-state index >= 15 is 0 Å². The van der Waals surface area contributed by atoms with Gasteiger partial charge in [-0.25, -0.2) is 0 Å². The van der Waals surface area contributed by atoms with E-state index in [1.54, 1.807) is 0 Å². The highest BCUT2D eigenvalue weighted by Gasteiger charge is 2.01. The highest BCUT2D eigenvalue weighted by Crippen LogP contribution is 2.22. The third-order valence-electron chi connectivity index (χ3n) is 2.70. The number of anilines is 2. The minimum atomic E-state index is 0.771. The SMILES string of the molecule is Cc1cccc(NCc2cccc(Br)c2)c1N. The fraction of sp³-hybridized carbons (Fsp3) is 0.143. The van der Waals surface area contributed by atoms with Gasteiger partial charge in [-0.1, -0.05) is 40.2 Å². The van der Waals surface area contributed by atoms with Gasteiger partial charge in [-0.3, -0.25) is 0 Å². The Balaban J connectivity index is 2.10. The second kappa shape index (κ2) is 5.23. The summed E-state index contributed by atoms with van der Waals surface area (Å²) in [5.74, 6) is 0. The van der Waals surface area contributed by atoms with E-state index in [2.05, 4.69) is 33.4 Å². The lowest BCUT2D eigenvalue weighted by Gasteiger charge is -2.11. The van der Waals surface area contributed by atoms with Gasteiger partial charge < -0.3 is 11.1 Å². The van der Waals surface area contributed by atoms with E-state index in [1.165, 1.54) is 5.56 Å². The largest absolute Gasteiger partial charge is 0.397 e. The molecule has 2 nitrogen and oxygen atoms in total. The molecule has 0 fully saturated rings. The molecule has 0 heterocycles. The van der Waals surface area contributed by atoms with Gasteiger partial charge in [0.25, 0.3) is 0 Å². The normalized spacial score (nSPS) is 10.2. The van der Waals surface area contributed by atoms with Crippen LogP contribution in [-0.4, -0.2) is 0 Å². The van der Waals surface area contributed by atoms with Crippen LogP contribution in [0.25, 0.3) is 0 Å². The quantitative estimate of drug-likeness (QED) is 0.840. The molecule has 0 saturated carbocycles. The molecule has 0 radical (unpaired) electrons. The van der Waals surface area contributed by atoms with Crippen LogP contribution in [0, 0.1) is 6.92 Å². The Hall–Kier alpha value is -1.48. The zero-order valence-corrected chi connectivity index (χ0v) is 11.3. The highest BCUT2D eigenvalue weighted by atomic mass is 79.9. The second-order valence-electron chi connectivity index (χ2n) is 4.02. The summed E-state index contributed by atoms with van der Waals surface area (Å²) in [6.07, 6.45) is 0. The van der Waals surface area contributed by atoms with Crippen LogP contribution in [-0.2, 0) is 6.54 Å². The van der Waals surface area contributed by atoms with E-state index in [1.807, 2.05) is 37.3 Å². The summed E-state index contributed by atoms with van der Waals surface area (Å²) in [5.41, 5.74) is 10.1. The summed E-state index contributed by atoms with van der Waals surface area (Å²) in [6.45, 7) is 2.78. The van der Waals surface area contributed by atoms with Gasteiger partial charge in [0.2, 0.25) is 0 Å². The van der Waals surface area contributed by atoms with Crippen LogP contribution in [0.4, 0.5) is 11.4 Å². The van der Waals surface area contributed by atoms with Crippen molar-refractivity contribution >= 4 is 27.3 Å². The average molecular weight is 291 g/mol. The van der Waals surface area contributed by atoms with Gasteiger partial charge in [-0.15, -0.1) is 0 Å². The van der Waals surface area contributed by atoms with Crippen molar-refractivity contribution in [1.29, 1.82) is 0 Å². The number of rotatable bonds is 3. The molecule has 2 rings (SSSR count). The molecule has 17 heavy (non-hydrogen) atoms. The second-order valence-corrected chi connectivity index (χ2v) is 4.94. The minimum absolute atomic E-state index is 0.771. The molecule has 2 aromatic rings. The first-order valence-electron chi connectivity index (χ1n) is 5.50. The van der Waals surface area contributed by atoms with Gasteiger partial charge in [0.15, 0.2) is 0 Å². The molecule has 0 amide bonds. The number of hydrogen-bond acceptors (Lipinski definition) is 2. The van der Waals surface area contributed by atoms with Gasteiger partial charge in [0.1, 0.15) is 0 Å². The maximum absolute atomic E-state index is 6.00. The Labute approximate surface area is 110 Å². The van der Waals surface area contributed by atoms with E-state index in [0.29, 0.717) is 0 Å². The molecule has 0 saturated heterocycles. The van der Waals surface area contributed by atoms with Gasteiger partial charge in [-0.05, 0) is 36.2 Å². The standard InChI is InChI=1S/C14H15BrN2/c1-10-4-2-7-13(14(10)16)17-9-11-5-3-6-12(15)8-11/h2-8,17H,9,16H2,1H3. The van der Waals surface area contributed by atoms with E-state index < -0.39 is 0 Å². The van der Waals surface area contributed by atoms with Crippen LogP contribution in [0.1, 0.15) is 11.1 Å². The summed E-state index contributed by atoms with van der Waals surface area (Å²) in [4.78, 5) is 0. The molecule has 0 aliphatic rings. The smallest absolute Gasteiger partial charge is 0.0579 e. The first-order chi connectivity index (χ1) is 8.16. The lowest BCUT2D eigenvalue weighted by Crippen LogP contribution is -2.03. The van der Waals surface area contributed by atoms with Crippen molar-refractivity contribution in [1.82, 2.24) is 0 Å². The Morgan fingerprint density at radius 2 is 1.94 bits per heavy atom. The summed E-state index contributed by atoms with van der Waals surface area (Å²) < 4.78 is 1.09. The van der Waals surface area contributed by atoms with E-state index in [-0.39, 0.29) is 0 Å². The Morgan fingerprint density at radius 1 is 1.18 bits per heavy atom. The zero-order valence-electron chi connectivity index (χ0n) is 9.70. The predicted octanol–water partition coefficient (Wildman–Crippen LogP) is 3.95. The zero-order chi connectivity index (χ0) is 12.3. The average Bonchev–Trinajstić information content (AvgIpc) is 2.31.